The molecule has 1 saturated carbocycles. The van der Waals surface area contributed by atoms with Crippen LogP contribution in [-0.4, -0.2) is 45.5 Å². The summed E-state index contributed by atoms with van der Waals surface area (Å²) in [4.78, 5) is 43.3. The van der Waals surface area contributed by atoms with E-state index in [0.29, 0.717) is 50.8 Å². The van der Waals surface area contributed by atoms with Gasteiger partial charge >= 0.3 is 0 Å². The summed E-state index contributed by atoms with van der Waals surface area (Å²) in [6, 6.07) is 6.70. The minimum atomic E-state index is -0.992. The molecule has 3 aliphatic rings. The largest absolute Gasteiger partial charge is 0.369 e. The van der Waals surface area contributed by atoms with Crippen molar-refractivity contribution in [3.8, 4) is 0 Å². The number of rotatable bonds is 6. The van der Waals surface area contributed by atoms with Gasteiger partial charge in [-0.15, -0.1) is 0 Å². The Kier molecular flexibility index (Phi) is 5.70. The number of amides is 3. The minimum absolute atomic E-state index is 0.0781. The number of hydrogen-bond donors (Lipinski definition) is 1. The number of benzene rings is 1. The number of carbonyl (C=O) groups is 3. The highest BCUT2D eigenvalue weighted by atomic mass is 32.2. The second-order valence-electron chi connectivity index (χ2n) is 9.16. The topological polar surface area (TPSA) is 92.8 Å². The Labute approximate surface area is 185 Å². The Morgan fingerprint density at radius 2 is 1.94 bits per heavy atom. The zero-order chi connectivity index (χ0) is 22.4. The molecule has 3 amide bonds. The van der Waals surface area contributed by atoms with Crippen LogP contribution in [0, 0.1) is 17.2 Å². The van der Waals surface area contributed by atoms with Gasteiger partial charge in [-0.25, -0.2) is 9.38 Å². The lowest BCUT2D eigenvalue weighted by atomic mass is 9.83. The van der Waals surface area contributed by atoms with Gasteiger partial charge in [-0.05, 0) is 56.1 Å². The molecule has 1 aliphatic carbocycles. The van der Waals surface area contributed by atoms with Crippen molar-refractivity contribution in [1.29, 1.82) is 0 Å². The Morgan fingerprint density at radius 3 is 2.52 bits per heavy atom. The molecule has 1 aromatic rings. The number of carbonyl (C=O) groups excluding carboxylic acids is 3. The monoisotopic (exact) mass is 445 g/mol. The van der Waals surface area contributed by atoms with Crippen molar-refractivity contribution >= 4 is 34.5 Å². The van der Waals surface area contributed by atoms with Crippen molar-refractivity contribution in [3.05, 3.63) is 35.6 Å². The Morgan fingerprint density at radius 1 is 1.29 bits per heavy atom. The molecule has 1 aromatic carbocycles. The third-order valence-electron chi connectivity index (χ3n) is 7.09. The van der Waals surface area contributed by atoms with E-state index < -0.39 is 16.1 Å². The molecule has 2 N–H and O–H groups in total. The normalized spacial score (nSPS) is 26.5. The fraction of sp³-hybridized carbons (Fsp3) is 0.565. The van der Waals surface area contributed by atoms with Gasteiger partial charge in [-0.1, -0.05) is 36.9 Å². The number of primary amides is 1. The van der Waals surface area contributed by atoms with Gasteiger partial charge in [0.15, 0.2) is 0 Å². The fourth-order valence-corrected chi connectivity index (χ4v) is 6.24. The van der Waals surface area contributed by atoms with Crippen LogP contribution in [0.3, 0.4) is 0 Å². The number of nitrogens with two attached hydrogens (primary N) is 1. The summed E-state index contributed by atoms with van der Waals surface area (Å²) in [6.07, 6.45) is 2.95. The maximum Gasteiger partial charge on any atom is 0.263 e. The first kappa shape index (κ1) is 22.0. The minimum Gasteiger partial charge on any atom is -0.369 e. The van der Waals surface area contributed by atoms with Crippen LogP contribution in [-0.2, 0) is 14.4 Å². The molecule has 1 saturated heterocycles. The molecule has 31 heavy (non-hydrogen) atoms. The molecular formula is C23H28FN3O3S. The lowest BCUT2D eigenvalue weighted by molar-refractivity contribution is -0.144. The first-order valence-corrected chi connectivity index (χ1v) is 11.6. The predicted molar refractivity (Wildman–Crippen MR) is 118 cm³/mol. The van der Waals surface area contributed by atoms with Gasteiger partial charge in [0.05, 0.1) is 5.04 Å². The van der Waals surface area contributed by atoms with Crippen molar-refractivity contribution in [2.45, 2.75) is 56.6 Å². The van der Waals surface area contributed by atoms with E-state index in [2.05, 4.69) is 4.99 Å². The third kappa shape index (κ3) is 3.90. The molecule has 0 bridgehead atoms. The van der Waals surface area contributed by atoms with Crippen molar-refractivity contribution in [2.24, 2.45) is 22.1 Å². The summed E-state index contributed by atoms with van der Waals surface area (Å²) in [7, 11) is 0. The molecule has 2 heterocycles. The van der Waals surface area contributed by atoms with Gasteiger partial charge in [0, 0.05) is 19.5 Å². The molecule has 0 radical (unpaired) electrons. The lowest BCUT2D eigenvalue weighted by Gasteiger charge is -2.39. The maximum atomic E-state index is 14.1. The van der Waals surface area contributed by atoms with Gasteiger partial charge in [0.25, 0.3) is 5.91 Å². The van der Waals surface area contributed by atoms with E-state index in [1.54, 1.807) is 17.0 Å². The standard InChI is InChI=1S/C23H28FN3O3S/c1-14(16-5-3-4-6-17(16)24)13-18-26-20(29)22(2,31-18)15-7-11-27(12-8-15)21(30)23(9-10-23)19(25)28/h3-6,14-15H,7-13H2,1-2H3,(H2,25,28). The van der Waals surface area contributed by atoms with Crippen LogP contribution in [0.1, 0.15) is 57.4 Å². The highest BCUT2D eigenvalue weighted by molar-refractivity contribution is 8.16. The molecule has 4 rings (SSSR count). The van der Waals surface area contributed by atoms with Crippen molar-refractivity contribution in [3.63, 3.8) is 0 Å². The molecular weight excluding hydrogens is 417 g/mol. The number of hydrogen-bond acceptors (Lipinski definition) is 4. The van der Waals surface area contributed by atoms with E-state index in [1.807, 2.05) is 19.9 Å². The molecule has 0 aromatic heterocycles. The van der Waals surface area contributed by atoms with E-state index in [0.717, 1.165) is 5.04 Å². The summed E-state index contributed by atoms with van der Waals surface area (Å²) in [6.45, 7) is 4.90. The summed E-state index contributed by atoms with van der Waals surface area (Å²) >= 11 is 1.49. The number of nitrogens with zero attached hydrogens (tertiary/aromatic N) is 2. The van der Waals surface area contributed by atoms with E-state index in [1.165, 1.54) is 17.8 Å². The van der Waals surface area contributed by atoms with E-state index in [9.17, 15) is 18.8 Å². The fourth-order valence-electron chi connectivity index (χ4n) is 4.75. The summed E-state index contributed by atoms with van der Waals surface area (Å²) in [5.41, 5.74) is 5.07. The van der Waals surface area contributed by atoms with Crippen LogP contribution in [0.25, 0.3) is 0 Å². The zero-order valence-corrected chi connectivity index (χ0v) is 18.7. The Bertz CT molecular complexity index is 953. The number of piperidine rings is 1. The van der Waals surface area contributed by atoms with Gasteiger partial charge < -0.3 is 10.6 Å². The van der Waals surface area contributed by atoms with Crippen LogP contribution >= 0.6 is 11.8 Å². The summed E-state index contributed by atoms with van der Waals surface area (Å²) in [5, 5.41) is 0.743. The Balaban J connectivity index is 1.37. The van der Waals surface area contributed by atoms with Gasteiger partial charge in [-0.3, -0.25) is 14.4 Å². The van der Waals surface area contributed by atoms with E-state index >= 15 is 0 Å². The first-order valence-electron chi connectivity index (χ1n) is 10.8. The second kappa shape index (κ2) is 8.04. The second-order valence-corrected chi connectivity index (χ2v) is 10.7. The van der Waals surface area contributed by atoms with Gasteiger partial charge in [0.2, 0.25) is 11.8 Å². The quantitative estimate of drug-likeness (QED) is 0.680. The van der Waals surface area contributed by atoms with E-state index in [-0.39, 0.29) is 29.5 Å². The predicted octanol–water partition coefficient (Wildman–Crippen LogP) is 3.25. The van der Waals surface area contributed by atoms with Crippen molar-refractivity contribution in [2.75, 3.05) is 13.1 Å². The summed E-state index contributed by atoms with van der Waals surface area (Å²) in [5.74, 6) is -1.07. The lowest BCUT2D eigenvalue weighted by Crippen LogP contribution is -2.50. The zero-order valence-electron chi connectivity index (χ0n) is 17.9. The van der Waals surface area contributed by atoms with Crippen molar-refractivity contribution < 1.29 is 18.8 Å². The van der Waals surface area contributed by atoms with Crippen LogP contribution in [0.5, 0.6) is 0 Å². The smallest absolute Gasteiger partial charge is 0.263 e. The number of likely N-dealkylation sites (tertiary alicyclic amines) is 1. The van der Waals surface area contributed by atoms with Crippen LogP contribution in [0.15, 0.2) is 29.3 Å². The molecule has 2 aliphatic heterocycles. The van der Waals surface area contributed by atoms with Crippen LogP contribution in [0.2, 0.25) is 0 Å². The molecule has 8 heteroatoms. The number of aliphatic imine (C=N–C) groups is 1. The number of halogens is 1. The SMILES string of the molecule is CC(CC1=NC(=O)C(C)(C2CCN(C(=O)C3(C(N)=O)CC3)CC2)S1)c1ccccc1F. The van der Waals surface area contributed by atoms with Gasteiger partial charge in [-0.2, -0.15) is 0 Å². The highest BCUT2D eigenvalue weighted by Crippen LogP contribution is 2.49. The van der Waals surface area contributed by atoms with Crippen LogP contribution < -0.4 is 5.73 Å². The summed E-state index contributed by atoms with van der Waals surface area (Å²) < 4.78 is 13.4. The Hall–Kier alpha value is -2.22. The van der Waals surface area contributed by atoms with Crippen LogP contribution in [0.4, 0.5) is 4.39 Å². The first-order chi connectivity index (χ1) is 14.7. The van der Waals surface area contributed by atoms with Gasteiger partial charge in [0.1, 0.15) is 16.0 Å². The van der Waals surface area contributed by atoms with Crippen molar-refractivity contribution in [1.82, 2.24) is 4.90 Å². The average molecular weight is 446 g/mol. The number of thioether (sulfide) groups is 1. The highest BCUT2D eigenvalue weighted by Gasteiger charge is 2.57. The van der Waals surface area contributed by atoms with E-state index in [4.69, 9.17) is 5.73 Å². The average Bonchev–Trinajstić information content (AvgIpc) is 3.50. The molecule has 2 fully saturated rings. The molecule has 6 nitrogen and oxygen atoms in total. The molecule has 2 unspecified atom stereocenters. The molecule has 0 spiro atoms. The third-order valence-corrected chi connectivity index (χ3v) is 8.52. The molecule has 2 atom stereocenters. The molecule has 166 valence electrons. The maximum absolute atomic E-state index is 14.1.